The molecule has 2 N–H and O–H groups in total. The minimum Gasteiger partial charge on any atom is -0.485 e. The van der Waals surface area contributed by atoms with Gasteiger partial charge >= 0.3 is 0 Å². The van der Waals surface area contributed by atoms with Crippen LogP contribution < -0.4 is 10.5 Å². The van der Waals surface area contributed by atoms with Crippen LogP contribution in [0.25, 0.3) is 0 Å². The Morgan fingerprint density at radius 2 is 2.00 bits per heavy atom. The topological polar surface area (TPSA) is 74.2 Å². The Balaban J connectivity index is 1.83. The van der Waals surface area contributed by atoms with Crippen LogP contribution in [0, 0.1) is 5.92 Å². The summed E-state index contributed by atoms with van der Waals surface area (Å²) in [5.74, 6) is 2.47. The maximum atomic E-state index is 6.02. The fourth-order valence-electron chi connectivity index (χ4n) is 2.01. The van der Waals surface area contributed by atoms with Gasteiger partial charge in [-0.2, -0.15) is 4.98 Å². The molecule has 1 heterocycles. The van der Waals surface area contributed by atoms with E-state index < -0.39 is 0 Å². The molecule has 1 unspecified atom stereocenters. The van der Waals surface area contributed by atoms with Gasteiger partial charge in [-0.3, -0.25) is 0 Å². The van der Waals surface area contributed by atoms with Crippen LogP contribution in [-0.2, 0) is 13.0 Å². The standard InChI is InChI=1S/C15H21N3O2/c1-11(2)8-12(16)9-15-17-14(18-20-15)10-19-13-6-4-3-5-7-13/h3-7,11-12H,8-10,16H2,1-2H3. The van der Waals surface area contributed by atoms with Gasteiger partial charge in [0.15, 0.2) is 6.61 Å². The number of nitrogens with zero attached hydrogens (tertiary/aromatic N) is 2. The summed E-state index contributed by atoms with van der Waals surface area (Å²) in [5, 5.41) is 3.90. The monoisotopic (exact) mass is 275 g/mol. The van der Waals surface area contributed by atoms with Gasteiger partial charge in [0, 0.05) is 12.5 Å². The van der Waals surface area contributed by atoms with Crippen molar-refractivity contribution in [3.63, 3.8) is 0 Å². The molecule has 0 bridgehead atoms. The molecule has 0 fully saturated rings. The van der Waals surface area contributed by atoms with Gasteiger partial charge in [-0.05, 0) is 24.5 Å². The normalized spacial score (nSPS) is 12.6. The Morgan fingerprint density at radius 1 is 1.25 bits per heavy atom. The minimum absolute atomic E-state index is 0.0540. The Labute approximate surface area is 119 Å². The summed E-state index contributed by atoms with van der Waals surface area (Å²) >= 11 is 0. The van der Waals surface area contributed by atoms with Crippen LogP contribution in [-0.4, -0.2) is 16.2 Å². The fourth-order valence-corrected chi connectivity index (χ4v) is 2.01. The van der Waals surface area contributed by atoms with Crippen LogP contribution >= 0.6 is 0 Å². The largest absolute Gasteiger partial charge is 0.485 e. The summed E-state index contributed by atoms with van der Waals surface area (Å²) in [5.41, 5.74) is 6.02. The van der Waals surface area contributed by atoms with Crippen molar-refractivity contribution in [3.05, 3.63) is 42.0 Å². The summed E-state index contributed by atoms with van der Waals surface area (Å²) in [4.78, 5) is 4.29. The van der Waals surface area contributed by atoms with Crippen molar-refractivity contribution in [1.29, 1.82) is 0 Å². The van der Waals surface area contributed by atoms with Gasteiger partial charge in [0.1, 0.15) is 5.75 Å². The number of para-hydroxylation sites is 1. The number of aromatic nitrogens is 2. The molecule has 2 rings (SSSR count). The van der Waals surface area contributed by atoms with Crippen molar-refractivity contribution in [3.8, 4) is 5.75 Å². The first-order valence-electron chi connectivity index (χ1n) is 6.88. The van der Waals surface area contributed by atoms with Gasteiger partial charge in [-0.15, -0.1) is 0 Å². The molecule has 0 aliphatic carbocycles. The van der Waals surface area contributed by atoms with Crippen molar-refractivity contribution in [2.24, 2.45) is 11.7 Å². The third-order valence-corrected chi connectivity index (χ3v) is 2.83. The van der Waals surface area contributed by atoms with Gasteiger partial charge in [-0.1, -0.05) is 37.2 Å². The van der Waals surface area contributed by atoms with Crippen molar-refractivity contribution >= 4 is 0 Å². The van der Waals surface area contributed by atoms with E-state index in [1.165, 1.54) is 0 Å². The van der Waals surface area contributed by atoms with E-state index in [4.69, 9.17) is 15.0 Å². The van der Waals surface area contributed by atoms with E-state index in [1.54, 1.807) is 0 Å². The quantitative estimate of drug-likeness (QED) is 0.840. The average molecular weight is 275 g/mol. The predicted octanol–water partition coefficient (Wildman–Crippen LogP) is 2.56. The number of rotatable bonds is 7. The van der Waals surface area contributed by atoms with Crippen molar-refractivity contribution in [2.45, 2.75) is 39.3 Å². The second kappa shape index (κ2) is 7.05. The SMILES string of the molecule is CC(C)CC(N)Cc1nc(COc2ccccc2)no1. The molecule has 0 aliphatic rings. The third-order valence-electron chi connectivity index (χ3n) is 2.83. The van der Waals surface area contributed by atoms with Crippen molar-refractivity contribution in [2.75, 3.05) is 0 Å². The van der Waals surface area contributed by atoms with E-state index in [0.717, 1.165) is 12.2 Å². The molecule has 108 valence electrons. The molecule has 0 saturated carbocycles. The van der Waals surface area contributed by atoms with E-state index in [2.05, 4.69) is 24.0 Å². The Hall–Kier alpha value is -1.88. The zero-order valence-electron chi connectivity index (χ0n) is 12.0. The lowest BCUT2D eigenvalue weighted by Crippen LogP contribution is -2.24. The van der Waals surface area contributed by atoms with Crippen LogP contribution in [0.1, 0.15) is 32.0 Å². The summed E-state index contributed by atoms with van der Waals surface area (Å²) in [7, 11) is 0. The van der Waals surface area contributed by atoms with Crippen LogP contribution in [0.2, 0.25) is 0 Å². The molecule has 0 radical (unpaired) electrons. The molecule has 1 atom stereocenters. The lowest BCUT2D eigenvalue weighted by Gasteiger charge is -2.10. The van der Waals surface area contributed by atoms with E-state index in [9.17, 15) is 0 Å². The maximum absolute atomic E-state index is 6.02. The Kier molecular flexibility index (Phi) is 5.12. The van der Waals surface area contributed by atoms with Crippen molar-refractivity contribution < 1.29 is 9.26 Å². The first-order chi connectivity index (χ1) is 9.63. The second-order valence-corrected chi connectivity index (χ2v) is 5.30. The Bertz CT molecular complexity index is 511. The molecule has 1 aromatic carbocycles. The zero-order valence-corrected chi connectivity index (χ0v) is 12.0. The van der Waals surface area contributed by atoms with Gasteiger partial charge < -0.3 is 15.0 Å². The summed E-state index contributed by atoms with van der Waals surface area (Å²) in [6.45, 7) is 4.59. The van der Waals surface area contributed by atoms with Crippen LogP contribution in [0.15, 0.2) is 34.9 Å². The second-order valence-electron chi connectivity index (χ2n) is 5.30. The molecule has 0 aliphatic heterocycles. The maximum Gasteiger partial charge on any atom is 0.228 e. The van der Waals surface area contributed by atoms with Crippen molar-refractivity contribution in [1.82, 2.24) is 10.1 Å². The molecule has 0 saturated heterocycles. The molecular weight excluding hydrogens is 254 g/mol. The van der Waals surface area contributed by atoms with Gasteiger partial charge in [0.25, 0.3) is 0 Å². The van der Waals surface area contributed by atoms with E-state index in [1.807, 2.05) is 30.3 Å². The van der Waals surface area contributed by atoms with Gasteiger partial charge in [0.05, 0.1) is 0 Å². The minimum atomic E-state index is 0.0540. The van der Waals surface area contributed by atoms with E-state index in [0.29, 0.717) is 30.7 Å². The molecular formula is C15H21N3O2. The third kappa shape index (κ3) is 4.66. The number of ether oxygens (including phenoxy) is 1. The summed E-state index contributed by atoms with van der Waals surface area (Å²) < 4.78 is 10.7. The lowest BCUT2D eigenvalue weighted by atomic mass is 10.0. The molecule has 2 aromatic rings. The summed E-state index contributed by atoms with van der Waals surface area (Å²) in [6.07, 6.45) is 1.55. The highest BCUT2D eigenvalue weighted by atomic mass is 16.5. The predicted molar refractivity (Wildman–Crippen MR) is 76.2 cm³/mol. The first-order valence-corrected chi connectivity index (χ1v) is 6.88. The molecule has 1 aromatic heterocycles. The van der Waals surface area contributed by atoms with Gasteiger partial charge in [0.2, 0.25) is 11.7 Å². The highest BCUT2D eigenvalue weighted by Crippen LogP contribution is 2.11. The number of benzene rings is 1. The smallest absolute Gasteiger partial charge is 0.228 e. The number of hydrogen-bond acceptors (Lipinski definition) is 5. The molecule has 0 spiro atoms. The van der Waals surface area contributed by atoms with E-state index >= 15 is 0 Å². The number of nitrogens with two attached hydrogens (primary N) is 1. The average Bonchev–Trinajstić information content (AvgIpc) is 2.84. The highest BCUT2D eigenvalue weighted by molar-refractivity contribution is 5.20. The van der Waals surface area contributed by atoms with Gasteiger partial charge in [-0.25, -0.2) is 0 Å². The first kappa shape index (κ1) is 14.5. The highest BCUT2D eigenvalue weighted by Gasteiger charge is 2.12. The Morgan fingerprint density at radius 3 is 2.70 bits per heavy atom. The fraction of sp³-hybridized carbons (Fsp3) is 0.467. The lowest BCUT2D eigenvalue weighted by molar-refractivity contribution is 0.284. The number of hydrogen-bond donors (Lipinski definition) is 1. The van der Waals surface area contributed by atoms with Crippen LogP contribution in [0.4, 0.5) is 0 Å². The van der Waals surface area contributed by atoms with E-state index in [-0.39, 0.29) is 6.04 Å². The van der Waals surface area contributed by atoms with Crippen LogP contribution in [0.5, 0.6) is 5.75 Å². The zero-order chi connectivity index (χ0) is 14.4. The molecule has 5 nitrogen and oxygen atoms in total. The summed E-state index contributed by atoms with van der Waals surface area (Å²) in [6, 6.07) is 9.61. The molecule has 0 amide bonds. The molecule has 5 heteroatoms. The van der Waals surface area contributed by atoms with Crippen LogP contribution in [0.3, 0.4) is 0 Å². The molecule has 20 heavy (non-hydrogen) atoms.